The van der Waals surface area contributed by atoms with Gasteiger partial charge in [0.1, 0.15) is 0 Å². The van der Waals surface area contributed by atoms with Crippen molar-refractivity contribution in [1.29, 1.82) is 0 Å². The lowest BCUT2D eigenvalue weighted by atomic mass is 10.0. The monoisotopic (exact) mass is 315 g/mol. The first kappa shape index (κ1) is 16.0. The van der Waals surface area contributed by atoms with Crippen LogP contribution in [0.25, 0.3) is 0 Å². The lowest BCUT2D eigenvalue weighted by molar-refractivity contribution is -0.128. The van der Waals surface area contributed by atoms with E-state index in [1.807, 2.05) is 6.07 Å². The number of hydrogen-bond acceptors (Lipinski definition) is 3. The van der Waals surface area contributed by atoms with Crippen LogP contribution in [0.2, 0.25) is 0 Å². The zero-order valence-electron chi connectivity index (χ0n) is 13.7. The molecular formula is C18H25N3O2. The highest BCUT2D eigenvalue weighted by Gasteiger charge is 2.33. The highest BCUT2D eigenvalue weighted by molar-refractivity contribution is 5.89. The molecule has 5 nitrogen and oxygen atoms in total. The van der Waals surface area contributed by atoms with Crippen LogP contribution in [0, 0.1) is 5.92 Å². The molecule has 1 N–H and O–H groups in total. The van der Waals surface area contributed by atoms with Gasteiger partial charge in [-0.05, 0) is 24.9 Å². The zero-order chi connectivity index (χ0) is 16.2. The third-order valence-corrected chi connectivity index (χ3v) is 4.81. The number of piperidine rings is 1. The van der Waals surface area contributed by atoms with Gasteiger partial charge >= 0.3 is 0 Å². The summed E-state index contributed by atoms with van der Waals surface area (Å²) in [6, 6.07) is 10.6. The van der Waals surface area contributed by atoms with E-state index in [1.165, 1.54) is 5.56 Å². The maximum absolute atomic E-state index is 12.4. The van der Waals surface area contributed by atoms with Crippen molar-refractivity contribution in [3.8, 4) is 0 Å². The smallest absolute Gasteiger partial charge is 0.225 e. The van der Waals surface area contributed by atoms with Crippen LogP contribution in [0.5, 0.6) is 0 Å². The topological polar surface area (TPSA) is 52.7 Å². The number of benzene rings is 1. The molecule has 0 aliphatic carbocycles. The first-order valence-corrected chi connectivity index (χ1v) is 8.42. The average molecular weight is 315 g/mol. The van der Waals surface area contributed by atoms with E-state index in [0.717, 1.165) is 32.5 Å². The van der Waals surface area contributed by atoms with Crippen LogP contribution in [-0.2, 0) is 16.1 Å². The number of likely N-dealkylation sites (tertiary alicyclic amines) is 2. The van der Waals surface area contributed by atoms with Crippen LogP contribution in [0.3, 0.4) is 0 Å². The van der Waals surface area contributed by atoms with Crippen molar-refractivity contribution in [1.82, 2.24) is 15.1 Å². The van der Waals surface area contributed by atoms with E-state index < -0.39 is 0 Å². The average Bonchev–Trinajstić information content (AvgIpc) is 2.88. The van der Waals surface area contributed by atoms with E-state index in [-0.39, 0.29) is 23.8 Å². The summed E-state index contributed by atoms with van der Waals surface area (Å²) in [5.41, 5.74) is 1.31. The molecule has 2 unspecified atom stereocenters. The molecule has 0 radical (unpaired) electrons. The predicted octanol–water partition coefficient (Wildman–Crippen LogP) is 1.25. The van der Waals surface area contributed by atoms with E-state index in [4.69, 9.17) is 0 Å². The molecular weight excluding hydrogens is 290 g/mol. The number of nitrogens with one attached hydrogen (secondary N) is 1. The lowest BCUT2D eigenvalue weighted by Gasteiger charge is -2.33. The van der Waals surface area contributed by atoms with Crippen molar-refractivity contribution < 1.29 is 9.59 Å². The van der Waals surface area contributed by atoms with Gasteiger partial charge in [-0.15, -0.1) is 0 Å². The number of carbonyl (C=O) groups is 2. The van der Waals surface area contributed by atoms with E-state index in [9.17, 15) is 9.59 Å². The quantitative estimate of drug-likeness (QED) is 0.910. The van der Waals surface area contributed by atoms with E-state index >= 15 is 0 Å². The van der Waals surface area contributed by atoms with Crippen molar-refractivity contribution in [2.24, 2.45) is 5.92 Å². The highest BCUT2D eigenvalue weighted by atomic mass is 16.2. The first-order chi connectivity index (χ1) is 11.1. The summed E-state index contributed by atoms with van der Waals surface area (Å²) in [5, 5.41) is 3.16. The van der Waals surface area contributed by atoms with Crippen LogP contribution < -0.4 is 5.32 Å². The molecule has 124 valence electrons. The molecule has 3 rings (SSSR count). The van der Waals surface area contributed by atoms with Crippen molar-refractivity contribution >= 4 is 11.8 Å². The molecule has 0 aromatic heterocycles. The molecule has 2 aliphatic heterocycles. The fourth-order valence-corrected chi connectivity index (χ4v) is 3.52. The Morgan fingerprint density at radius 3 is 2.74 bits per heavy atom. The van der Waals surface area contributed by atoms with Gasteiger partial charge in [0.25, 0.3) is 0 Å². The summed E-state index contributed by atoms with van der Waals surface area (Å²) < 4.78 is 0. The van der Waals surface area contributed by atoms with Crippen LogP contribution in [0.15, 0.2) is 30.3 Å². The SMILES string of the molecule is CN1CC(C(=O)NC2CCCN(Cc3ccccc3)C2)CC1=O. The molecule has 23 heavy (non-hydrogen) atoms. The van der Waals surface area contributed by atoms with Gasteiger partial charge in [-0.25, -0.2) is 0 Å². The molecule has 1 aromatic rings. The fraction of sp³-hybridized carbons (Fsp3) is 0.556. The molecule has 2 aliphatic rings. The Kier molecular flexibility index (Phi) is 4.96. The maximum Gasteiger partial charge on any atom is 0.225 e. The molecule has 2 heterocycles. The Morgan fingerprint density at radius 2 is 2.04 bits per heavy atom. The Balaban J connectivity index is 1.50. The molecule has 5 heteroatoms. The second-order valence-electron chi connectivity index (χ2n) is 6.74. The Labute approximate surface area is 137 Å². The van der Waals surface area contributed by atoms with Gasteiger partial charge in [-0.3, -0.25) is 14.5 Å². The van der Waals surface area contributed by atoms with Gasteiger partial charge in [0.05, 0.1) is 5.92 Å². The van der Waals surface area contributed by atoms with Gasteiger partial charge in [0.15, 0.2) is 0 Å². The lowest BCUT2D eigenvalue weighted by Crippen LogP contribution is -2.49. The molecule has 2 amide bonds. The molecule has 1 aromatic carbocycles. The van der Waals surface area contributed by atoms with Crippen molar-refractivity contribution in [3.63, 3.8) is 0 Å². The molecule has 2 atom stereocenters. The van der Waals surface area contributed by atoms with Gasteiger partial charge in [0.2, 0.25) is 11.8 Å². The summed E-state index contributed by atoms with van der Waals surface area (Å²) in [6.45, 7) is 3.44. The van der Waals surface area contributed by atoms with E-state index in [1.54, 1.807) is 11.9 Å². The van der Waals surface area contributed by atoms with E-state index in [2.05, 4.69) is 34.5 Å². The predicted molar refractivity (Wildman–Crippen MR) is 88.6 cm³/mol. The van der Waals surface area contributed by atoms with Crippen molar-refractivity contribution in [3.05, 3.63) is 35.9 Å². The van der Waals surface area contributed by atoms with Crippen molar-refractivity contribution in [2.75, 3.05) is 26.7 Å². The number of carbonyl (C=O) groups excluding carboxylic acids is 2. The Hall–Kier alpha value is -1.88. The van der Waals surface area contributed by atoms with Crippen LogP contribution in [0.1, 0.15) is 24.8 Å². The fourth-order valence-electron chi connectivity index (χ4n) is 3.52. The second kappa shape index (κ2) is 7.13. The summed E-state index contributed by atoms with van der Waals surface area (Å²) in [6.07, 6.45) is 2.47. The highest BCUT2D eigenvalue weighted by Crippen LogP contribution is 2.18. The summed E-state index contributed by atoms with van der Waals surface area (Å²) in [4.78, 5) is 28.0. The van der Waals surface area contributed by atoms with Crippen molar-refractivity contribution in [2.45, 2.75) is 31.8 Å². The number of rotatable bonds is 4. The standard InChI is InChI=1S/C18H25N3O2/c1-20-12-15(10-17(20)22)18(23)19-16-8-5-9-21(13-16)11-14-6-3-2-4-7-14/h2-4,6-7,15-16H,5,8-13H2,1H3,(H,19,23). The second-order valence-corrected chi connectivity index (χ2v) is 6.74. The van der Waals surface area contributed by atoms with Gasteiger partial charge in [-0.2, -0.15) is 0 Å². The third-order valence-electron chi connectivity index (χ3n) is 4.81. The summed E-state index contributed by atoms with van der Waals surface area (Å²) in [7, 11) is 1.76. The number of nitrogens with zero attached hydrogens (tertiary/aromatic N) is 2. The van der Waals surface area contributed by atoms with E-state index in [0.29, 0.717) is 13.0 Å². The third kappa shape index (κ3) is 4.10. The summed E-state index contributed by atoms with van der Waals surface area (Å²) in [5.74, 6) is -0.0780. The summed E-state index contributed by atoms with van der Waals surface area (Å²) >= 11 is 0. The van der Waals surface area contributed by atoms with Gasteiger partial charge < -0.3 is 10.2 Å². The zero-order valence-corrected chi connectivity index (χ0v) is 13.7. The number of amides is 2. The minimum Gasteiger partial charge on any atom is -0.352 e. The van der Waals surface area contributed by atoms with Gasteiger partial charge in [0, 0.05) is 39.1 Å². The normalized spacial score (nSPS) is 25.6. The molecule has 0 saturated carbocycles. The first-order valence-electron chi connectivity index (χ1n) is 8.42. The maximum atomic E-state index is 12.4. The Morgan fingerprint density at radius 1 is 1.26 bits per heavy atom. The van der Waals surface area contributed by atoms with Crippen LogP contribution in [0.4, 0.5) is 0 Å². The molecule has 0 bridgehead atoms. The number of hydrogen-bond donors (Lipinski definition) is 1. The van der Waals surface area contributed by atoms with Crippen LogP contribution >= 0.6 is 0 Å². The van der Waals surface area contributed by atoms with Gasteiger partial charge in [-0.1, -0.05) is 30.3 Å². The molecule has 0 spiro atoms. The van der Waals surface area contributed by atoms with Crippen LogP contribution in [-0.4, -0.2) is 54.3 Å². The molecule has 2 fully saturated rings. The largest absolute Gasteiger partial charge is 0.352 e. The minimum absolute atomic E-state index is 0.0364. The molecule has 2 saturated heterocycles. The minimum atomic E-state index is -0.183. The Bertz CT molecular complexity index is 561.